The highest BCUT2D eigenvalue weighted by Crippen LogP contribution is 2.20. The van der Waals surface area contributed by atoms with Crippen molar-refractivity contribution in [2.45, 2.75) is 13.0 Å². The number of sulfone groups is 1. The van der Waals surface area contributed by atoms with E-state index in [2.05, 4.69) is 10.1 Å². The summed E-state index contributed by atoms with van der Waals surface area (Å²) in [6.45, 7) is 1.12. The molecule has 1 saturated heterocycles. The van der Waals surface area contributed by atoms with E-state index in [0.29, 0.717) is 36.8 Å². The van der Waals surface area contributed by atoms with Crippen molar-refractivity contribution in [2.24, 2.45) is 5.92 Å². The van der Waals surface area contributed by atoms with Crippen LogP contribution < -0.4 is 0 Å². The van der Waals surface area contributed by atoms with E-state index in [9.17, 15) is 12.8 Å². The summed E-state index contributed by atoms with van der Waals surface area (Å²) in [4.78, 5) is 6.27. The molecule has 2 heterocycles. The molecule has 6 nitrogen and oxygen atoms in total. The molecule has 23 heavy (non-hydrogen) atoms. The number of rotatable bonds is 5. The van der Waals surface area contributed by atoms with Crippen LogP contribution >= 0.6 is 0 Å². The predicted molar refractivity (Wildman–Crippen MR) is 82.8 cm³/mol. The van der Waals surface area contributed by atoms with Gasteiger partial charge in [-0.15, -0.1) is 0 Å². The van der Waals surface area contributed by atoms with Gasteiger partial charge in [0, 0.05) is 12.1 Å². The van der Waals surface area contributed by atoms with Crippen LogP contribution in [0.4, 0.5) is 4.39 Å². The van der Waals surface area contributed by atoms with Crippen LogP contribution in [0.25, 0.3) is 11.4 Å². The number of halogens is 1. The van der Waals surface area contributed by atoms with Gasteiger partial charge in [0.05, 0.1) is 18.1 Å². The van der Waals surface area contributed by atoms with E-state index in [1.807, 2.05) is 11.9 Å². The molecule has 1 aliphatic rings. The number of hydrogen-bond acceptors (Lipinski definition) is 6. The third-order valence-corrected chi connectivity index (χ3v) is 5.71. The Labute approximate surface area is 134 Å². The third-order valence-electron chi connectivity index (χ3n) is 3.87. The summed E-state index contributed by atoms with van der Waals surface area (Å²) in [6.07, 6.45) is 0.706. The first-order valence-corrected chi connectivity index (χ1v) is 9.21. The van der Waals surface area contributed by atoms with Crippen LogP contribution in [0.3, 0.4) is 0 Å². The number of nitrogens with zero attached hydrogens (tertiary/aromatic N) is 3. The molecule has 0 bridgehead atoms. The standard InChI is InChI=1S/C15H18FN3O3S/c1-19(8-11-6-7-23(20,21)10-11)9-14-17-15(18-22-14)12-2-4-13(16)5-3-12/h2-5,11H,6-10H2,1H3/t11-/m0/s1. The lowest BCUT2D eigenvalue weighted by Crippen LogP contribution is -2.26. The van der Waals surface area contributed by atoms with Crippen LogP contribution in [-0.2, 0) is 16.4 Å². The second kappa shape index (κ2) is 6.37. The van der Waals surface area contributed by atoms with E-state index in [1.54, 1.807) is 12.1 Å². The summed E-state index contributed by atoms with van der Waals surface area (Å²) in [5.74, 6) is 1.24. The van der Waals surface area contributed by atoms with Gasteiger partial charge in [0.2, 0.25) is 11.7 Å². The van der Waals surface area contributed by atoms with Gasteiger partial charge in [-0.1, -0.05) is 5.16 Å². The average molecular weight is 339 g/mol. The van der Waals surface area contributed by atoms with E-state index in [4.69, 9.17) is 4.52 Å². The van der Waals surface area contributed by atoms with Crippen molar-refractivity contribution in [1.82, 2.24) is 15.0 Å². The minimum absolute atomic E-state index is 0.157. The molecule has 0 radical (unpaired) electrons. The highest BCUT2D eigenvalue weighted by atomic mass is 32.2. The second-order valence-corrected chi connectivity index (χ2v) is 8.21. The zero-order valence-corrected chi connectivity index (χ0v) is 13.6. The first kappa shape index (κ1) is 16.1. The lowest BCUT2D eigenvalue weighted by atomic mass is 10.1. The van der Waals surface area contributed by atoms with Crippen LogP contribution in [0.1, 0.15) is 12.3 Å². The van der Waals surface area contributed by atoms with Gasteiger partial charge in [0.15, 0.2) is 9.84 Å². The highest BCUT2D eigenvalue weighted by Gasteiger charge is 2.28. The molecule has 1 aliphatic heterocycles. The maximum absolute atomic E-state index is 12.9. The quantitative estimate of drug-likeness (QED) is 0.826. The van der Waals surface area contributed by atoms with Gasteiger partial charge in [-0.2, -0.15) is 4.98 Å². The molecular weight excluding hydrogens is 321 g/mol. The smallest absolute Gasteiger partial charge is 0.241 e. The van der Waals surface area contributed by atoms with Crippen LogP contribution in [0.2, 0.25) is 0 Å². The molecule has 2 aromatic rings. The van der Waals surface area contributed by atoms with Gasteiger partial charge in [-0.3, -0.25) is 4.90 Å². The van der Waals surface area contributed by atoms with E-state index < -0.39 is 9.84 Å². The third kappa shape index (κ3) is 4.14. The Morgan fingerprint density at radius 1 is 1.35 bits per heavy atom. The first-order chi connectivity index (χ1) is 10.9. The van der Waals surface area contributed by atoms with Gasteiger partial charge in [0.1, 0.15) is 5.82 Å². The van der Waals surface area contributed by atoms with Crippen LogP contribution in [0, 0.1) is 11.7 Å². The Bertz CT molecular complexity index is 774. The number of aromatic nitrogens is 2. The monoisotopic (exact) mass is 339 g/mol. The molecular formula is C15H18FN3O3S. The molecule has 0 unspecified atom stereocenters. The van der Waals surface area contributed by atoms with Gasteiger partial charge in [-0.05, 0) is 43.7 Å². The van der Waals surface area contributed by atoms with E-state index in [-0.39, 0.29) is 23.2 Å². The normalized spacial score (nSPS) is 20.2. The largest absolute Gasteiger partial charge is 0.338 e. The second-order valence-electron chi connectivity index (χ2n) is 5.98. The Morgan fingerprint density at radius 3 is 2.74 bits per heavy atom. The summed E-state index contributed by atoms with van der Waals surface area (Å²) in [7, 11) is -0.963. The predicted octanol–water partition coefficient (Wildman–Crippen LogP) is 1.74. The molecule has 3 rings (SSSR count). The minimum Gasteiger partial charge on any atom is -0.338 e. The van der Waals surface area contributed by atoms with Crippen molar-refractivity contribution in [2.75, 3.05) is 25.1 Å². The maximum Gasteiger partial charge on any atom is 0.241 e. The van der Waals surface area contributed by atoms with Crippen molar-refractivity contribution in [1.29, 1.82) is 0 Å². The Balaban J connectivity index is 1.59. The van der Waals surface area contributed by atoms with Gasteiger partial charge >= 0.3 is 0 Å². The molecule has 1 aromatic carbocycles. The molecule has 0 spiro atoms. The van der Waals surface area contributed by atoms with Crippen LogP contribution in [0.5, 0.6) is 0 Å². The Hall–Kier alpha value is -1.80. The maximum atomic E-state index is 12.9. The van der Waals surface area contributed by atoms with E-state index in [0.717, 1.165) is 0 Å². The highest BCUT2D eigenvalue weighted by molar-refractivity contribution is 7.91. The summed E-state index contributed by atoms with van der Waals surface area (Å²) in [6, 6.07) is 5.88. The fourth-order valence-electron chi connectivity index (χ4n) is 2.79. The Kier molecular flexibility index (Phi) is 4.45. The molecule has 0 amide bonds. The first-order valence-electron chi connectivity index (χ1n) is 7.39. The number of benzene rings is 1. The van der Waals surface area contributed by atoms with Crippen LogP contribution in [-0.4, -0.2) is 48.6 Å². The topological polar surface area (TPSA) is 76.3 Å². The van der Waals surface area contributed by atoms with Crippen molar-refractivity contribution in [3.63, 3.8) is 0 Å². The average Bonchev–Trinajstić information content (AvgIpc) is 3.06. The molecule has 1 aromatic heterocycles. The van der Waals surface area contributed by atoms with E-state index in [1.165, 1.54) is 12.1 Å². The van der Waals surface area contributed by atoms with Gasteiger partial charge in [0.25, 0.3) is 0 Å². The van der Waals surface area contributed by atoms with Crippen molar-refractivity contribution < 1.29 is 17.3 Å². The Morgan fingerprint density at radius 2 is 2.09 bits per heavy atom. The molecule has 1 atom stereocenters. The molecule has 124 valence electrons. The van der Waals surface area contributed by atoms with Gasteiger partial charge in [-0.25, -0.2) is 12.8 Å². The van der Waals surface area contributed by atoms with E-state index >= 15 is 0 Å². The van der Waals surface area contributed by atoms with Crippen molar-refractivity contribution in [3.8, 4) is 11.4 Å². The van der Waals surface area contributed by atoms with Gasteiger partial charge < -0.3 is 4.52 Å². The van der Waals surface area contributed by atoms with Crippen molar-refractivity contribution in [3.05, 3.63) is 36.0 Å². The van der Waals surface area contributed by atoms with Crippen molar-refractivity contribution >= 4 is 9.84 Å². The summed E-state index contributed by atoms with van der Waals surface area (Å²) >= 11 is 0. The summed E-state index contributed by atoms with van der Waals surface area (Å²) in [5, 5.41) is 3.89. The zero-order chi connectivity index (χ0) is 16.4. The van der Waals surface area contributed by atoms with Crippen LogP contribution in [0.15, 0.2) is 28.8 Å². The molecule has 0 N–H and O–H groups in total. The number of hydrogen-bond donors (Lipinski definition) is 0. The lowest BCUT2D eigenvalue weighted by Gasteiger charge is -2.17. The SMILES string of the molecule is CN(Cc1nc(-c2ccc(F)cc2)no1)C[C@@H]1CCS(=O)(=O)C1. The molecule has 0 aliphatic carbocycles. The summed E-state index contributed by atoms with van der Waals surface area (Å²) < 4.78 is 41.1. The molecule has 8 heteroatoms. The fraction of sp³-hybridized carbons (Fsp3) is 0.467. The molecule has 1 fully saturated rings. The zero-order valence-electron chi connectivity index (χ0n) is 12.8. The fourth-order valence-corrected chi connectivity index (χ4v) is 4.64. The summed E-state index contributed by atoms with van der Waals surface area (Å²) in [5.41, 5.74) is 0.686. The lowest BCUT2D eigenvalue weighted by molar-refractivity contribution is 0.240. The minimum atomic E-state index is -2.86. The molecule has 0 saturated carbocycles.